The normalized spacial score (nSPS) is 9.50. The van der Waals surface area contributed by atoms with Gasteiger partial charge in [-0.2, -0.15) is 0 Å². The van der Waals surface area contributed by atoms with Crippen LogP contribution in [-0.2, 0) is 0 Å². The lowest BCUT2D eigenvalue weighted by atomic mass is 10.3. The summed E-state index contributed by atoms with van der Waals surface area (Å²) in [6, 6.07) is 6.11. The number of hydrogen-bond acceptors (Lipinski definition) is 3. The summed E-state index contributed by atoms with van der Waals surface area (Å²) in [6.07, 6.45) is 0. The zero-order valence-corrected chi connectivity index (χ0v) is 7.15. The van der Waals surface area contributed by atoms with Crippen LogP contribution in [0.5, 0.6) is 0 Å². The van der Waals surface area contributed by atoms with Crippen LogP contribution in [0.15, 0.2) is 24.3 Å². The minimum atomic E-state index is -0.454. The molecule has 0 fully saturated rings. The van der Waals surface area contributed by atoms with Gasteiger partial charge >= 0.3 is 0 Å². The van der Waals surface area contributed by atoms with E-state index in [1.54, 1.807) is 19.2 Å². The molecule has 5 heteroatoms. The molecule has 0 heterocycles. The number of benzene rings is 1. The Morgan fingerprint density at radius 1 is 1.58 bits per heavy atom. The summed E-state index contributed by atoms with van der Waals surface area (Å²) in [6.45, 7) is 0. The fraction of sp³-hybridized carbons (Fsp3) is 0.143. The van der Waals surface area contributed by atoms with Gasteiger partial charge in [0.1, 0.15) is 0 Å². The van der Waals surface area contributed by atoms with Crippen molar-refractivity contribution in [3.05, 3.63) is 34.4 Å². The topological polar surface area (TPSA) is 46.4 Å². The van der Waals surface area contributed by atoms with E-state index in [9.17, 15) is 10.1 Å². The first-order valence-electron chi connectivity index (χ1n) is 3.25. The summed E-state index contributed by atoms with van der Waals surface area (Å²) in [4.78, 5) is 9.87. The molecule has 1 aromatic carbocycles. The van der Waals surface area contributed by atoms with Crippen molar-refractivity contribution >= 4 is 23.2 Å². The third kappa shape index (κ3) is 1.85. The van der Waals surface area contributed by atoms with E-state index < -0.39 is 4.92 Å². The van der Waals surface area contributed by atoms with Crippen LogP contribution in [0.1, 0.15) is 0 Å². The summed E-state index contributed by atoms with van der Waals surface area (Å²) >= 11 is 5.59. The van der Waals surface area contributed by atoms with E-state index in [0.29, 0.717) is 5.69 Å². The minimum Gasteiger partial charge on any atom is -0.288 e. The van der Waals surface area contributed by atoms with Gasteiger partial charge in [0.2, 0.25) is 0 Å². The fourth-order valence-electron chi connectivity index (χ4n) is 0.798. The molecule has 0 saturated heterocycles. The lowest BCUT2D eigenvalue weighted by Crippen LogP contribution is -2.00. The summed E-state index contributed by atoms with van der Waals surface area (Å²) in [5, 5.41) is 10.3. The molecule has 0 saturated carbocycles. The first kappa shape index (κ1) is 8.80. The van der Waals surface area contributed by atoms with Crippen LogP contribution >= 0.6 is 11.8 Å². The van der Waals surface area contributed by atoms with Crippen LogP contribution in [0.25, 0.3) is 0 Å². The Kier molecular flexibility index (Phi) is 2.50. The van der Waals surface area contributed by atoms with Gasteiger partial charge in [0, 0.05) is 31.0 Å². The number of nitrogens with zero attached hydrogens (tertiary/aromatic N) is 2. The molecule has 1 aromatic rings. The summed E-state index contributed by atoms with van der Waals surface area (Å²) in [5.74, 6) is 0. The Morgan fingerprint density at radius 2 is 2.25 bits per heavy atom. The second-order valence-electron chi connectivity index (χ2n) is 2.25. The van der Waals surface area contributed by atoms with Gasteiger partial charge in [-0.15, -0.1) is 0 Å². The molecular weight excluding hydrogens is 180 g/mol. The van der Waals surface area contributed by atoms with Crippen molar-refractivity contribution in [1.82, 2.24) is 0 Å². The molecule has 0 spiro atoms. The van der Waals surface area contributed by atoms with Gasteiger partial charge in [0.05, 0.1) is 10.6 Å². The average molecular weight is 187 g/mol. The molecule has 0 atom stereocenters. The first-order chi connectivity index (χ1) is 5.61. The highest BCUT2D eigenvalue weighted by molar-refractivity contribution is 6.25. The Morgan fingerprint density at radius 3 is 2.75 bits per heavy atom. The van der Waals surface area contributed by atoms with Crippen LogP contribution in [-0.4, -0.2) is 12.0 Å². The number of rotatable bonds is 2. The summed E-state index contributed by atoms with van der Waals surface area (Å²) in [7, 11) is 1.61. The van der Waals surface area contributed by atoms with Gasteiger partial charge in [-0.25, -0.2) is 0 Å². The van der Waals surface area contributed by atoms with Crippen molar-refractivity contribution < 1.29 is 4.92 Å². The predicted molar refractivity (Wildman–Crippen MR) is 47.4 cm³/mol. The molecule has 0 aliphatic heterocycles. The highest BCUT2D eigenvalue weighted by Gasteiger charge is 2.06. The third-order valence-corrected chi connectivity index (χ3v) is 1.59. The Bertz CT molecular complexity index is 301. The van der Waals surface area contributed by atoms with Crippen molar-refractivity contribution in [2.75, 3.05) is 11.5 Å². The van der Waals surface area contributed by atoms with Crippen molar-refractivity contribution in [2.45, 2.75) is 0 Å². The Balaban J connectivity index is 3.04. The van der Waals surface area contributed by atoms with E-state index in [4.69, 9.17) is 11.8 Å². The molecule has 0 bridgehead atoms. The molecule has 0 amide bonds. The van der Waals surface area contributed by atoms with Crippen molar-refractivity contribution in [3.8, 4) is 0 Å². The molecule has 0 unspecified atom stereocenters. The van der Waals surface area contributed by atoms with Crippen molar-refractivity contribution in [1.29, 1.82) is 0 Å². The van der Waals surface area contributed by atoms with Gasteiger partial charge < -0.3 is 0 Å². The number of nitro benzene ring substituents is 1. The zero-order chi connectivity index (χ0) is 9.14. The number of non-ortho nitro benzene ring substituents is 1. The zero-order valence-electron chi connectivity index (χ0n) is 6.40. The Hall–Kier alpha value is -1.29. The number of halogens is 1. The van der Waals surface area contributed by atoms with E-state index in [-0.39, 0.29) is 5.69 Å². The molecule has 0 radical (unpaired) electrons. The van der Waals surface area contributed by atoms with Crippen molar-refractivity contribution in [2.24, 2.45) is 0 Å². The smallest absolute Gasteiger partial charge is 0.271 e. The largest absolute Gasteiger partial charge is 0.288 e. The average Bonchev–Trinajstić information content (AvgIpc) is 2.04. The number of anilines is 1. The van der Waals surface area contributed by atoms with E-state index in [0.717, 1.165) is 0 Å². The third-order valence-electron chi connectivity index (χ3n) is 1.40. The van der Waals surface area contributed by atoms with Crippen LogP contribution in [0, 0.1) is 10.1 Å². The van der Waals surface area contributed by atoms with Gasteiger partial charge in [0.15, 0.2) is 0 Å². The van der Waals surface area contributed by atoms with Crippen LogP contribution < -0.4 is 4.42 Å². The molecule has 64 valence electrons. The molecule has 4 nitrogen and oxygen atoms in total. The van der Waals surface area contributed by atoms with Gasteiger partial charge in [0.25, 0.3) is 5.69 Å². The van der Waals surface area contributed by atoms with E-state index in [1.165, 1.54) is 16.6 Å². The Labute approximate surface area is 74.6 Å². The maximum atomic E-state index is 10.3. The maximum absolute atomic E-state index is 10.3. The van der Waals surface area contributed by atoms with Gasteiger partial charge in [-0.05, 0) is 6.07 Å². The summed E-state index contributed by atoms with van der Waals surface area (Å²) < 4.78 is 1.30. The van der Waals surface area contributed by atoms with E-state index in [2.05, 4.69) is 0 Å². The monoisotopic (exact) mass is 186 g/mol. The van der Waals surface area contributed by atoms with Crippen LogP contribution in [0.3, 0.4) is 0 Å². The molecule has 0 N–H and O–H groups in total. The summed E-state index contributed by atoms with van der Waals surface area (Å²) in [5.41, 5.74) is 0.644. The molecule has 0 aliphatic rings. The number of nitro groups is 1. The highest BCUT2D eigenvalue weighted by atomic mass is 35.5. The SMILES string of the molecule is CN(Cl)c1cccc([N+](=O)[O-])c1. The standard InChI is InChI=1S/C7H7ClN2O2/c1-9(8)6-3-2-4-7(5-6)10(11)12/h2-5H,1H3. The number of hydrogen-bond donors (Lipinski definition) is 0. The minimum absolute atomic E-state index is 0.0417. The quantitative estimate of drug-likeness (QED) is 0.404. The molecule has 12 heavy (non-hydrogen) atoms. The van der Waals surface area contributed by atoms with E-state index >= 15 is 0 Å². The van der Waals surface area contributed by atoms with Crippen LogP contribution in [0.2, 0.25) is 0 Å². The fourth-order valence-corrected chi connectivity index (χ4v) is 0.903. The van der Waals surface area contributed by atoms with E-state index in [1.807, 2.05) is 0 Å². The highest BCUT2D eigenvalue weighted by Crippen LogP contribution is 2.20. The first-order valence-corrected chi connectivity index (χ1v) is 3.59. The second kappa shape index (κ2) is 3.40. The van der Waals surface area contributed by atoms with Crippen molar-refractivity contribution in [3.63, 3.8) is 0 Å². The van der Waals surface area contributed by atoms with Gasteiger partial charge in [-0.3, -0.25) is 14.5 Å². The van der Waals surface area contributed by atoms with Crippen LogP contribution in [0.4, 0.5) is 11.4 Å². The lowest BCUT2D eigenvalue weighted by Gasteiger charge is -2.07. The molecule has 1 rings (SSSR count). The van der Waals surface area contributed by atoms with Gasteiger partial charge in [-0.1, -0.05) is 6.07 Å². The molecule has 0 aliphatic carbocycles. The lowest BCUT2D eigenvalue weighted by molar-refractivity contribution is -0.384. The molecule has 0 aromatic heterocycles. The molecular formula is C7H7ClN2O2. The predicted octanol–water partition coefficient (Wildman–Crippen LogP) is 2.18. The second-order valence-corrected chi connectivity index (χ2v) is 2.76. The maximum Gasteiger partial charge on any atom is 0.271 e.